The number of nitrogens with zero attached hydrogens (tertiary/aromatic N) is 1. The summed E-state index contributed by atoms with van der Waals surface area (Å²) in [6.45, 7) is 6.21. The van der Waals surface area contributed by atoms with Gasteiger partial charge in [-0.05, 0) is 32.9 Å². The van der Waals surface area contributed by atoms with Crippen LogP contribution in [0, 0.1) is 0 Å². The summed E-state index contributed by atoms with van der Waals surface area (Å²) in [5.41, 5.74) is 6.35. The van der Waals surface area contributed by atoms with Crippen molar-refractivity contribution in [2.75, 3.05) is 5.32 Å². The van der Waals surface area contributed by atoms with Crippen molar-refractivity contribution in [2.45, 2.75) is 26.3 Å². The van der Waals surface area contributed by atoms with E-state index in [0.29, 0.717) is 4.99 Å². The molecule has 0 radical (unpaired) electrons. The van der Waals surface area contributed by atoms with Crippen molar-refractivity contribution in [1.29, 1.82) is 0 Å². The van der Waals surface area contributed by atoms with Crippen LogP contribution in [0.4, 0.5) is 5.82 Å². The fourth-order valence-electron chi connectivity index (χ4n) is 1.04. The van der Waals surface area contributed by atoms with Gasteiger partial charge in [0.2, 0.25) is 0 Å². The van der Waals surface area contributed by atoms with Gasteiger partial charge in [0.25, 0.3) is 0 Å². The fraction of sp³-hybridized carbons (Fsp3) is 0.400. The highest BCUT2D eigenvalue weighted by Crippen LogP contribution is 2.12. The lowest BCUT2D eigenvalue weighted by atomic mass is 10.1. The largest absolute Gasteiger partial charge is 0.389 e. The van der Waals surface area contributed by atoms with E-state index in [1.165, 1.54) is 0 Å². The van der Waals surface area contributed by atoms with E-state index in [1.54, 1.807) is 12.3 Å². The van der Waals surface area contributed by atoms with Crippen molar-refractivity contribution < 1.29 is 0 Å². The molecule has 0 aromatic carbocycles. The summed E-state index contributed by atoms with van der Waals surface area (Å²) < 4.78 is 0. The smallest absolute Gasteiger partial charge is 0.126 e. The van der Waals surface area contributed by atoms with Gasteiger partial charge in [0.1, 0.15) is 10.8 Å². The molecule has 0 unspecified atom stereocenters. The number of nitrogens with one attached hydrogen (secondary N) is 1. The molecular weight excluding hydrogens is 194 g/mol. The number of rotatable bonds is 2. The summed E-state index contributed by atoms with van der Waals surface area (Å²) in [5.74, 6) is 0.794. The van der Waals surface area contributed by atoms with Gasteiger partial charge in [-0.25, -0.2) is 4.98 Å². The molecule has 1 aromatic rings. The molecule has 1 rings (SSSR count). The highest BCUT2D eigenvalue weighted by atomic mass is 32.1. The minimum atomic E-state index is -0.0121. The summed E-state index contributed by atoms with van der Waals surface area (Å²) in [6, 6.07) is 3.66. The molecular formula is C10H15N3S. The van der Waals surface area contributed by atoms with Gasteiger partial charge in [0.05, 0.1) is 0 Å². The predicted molar refractivity (Wildman–Crippen MR) is 63.5 cm³/mol. The Balaban J connectivity index is 2.89. The van der Waals surface area contributed by atoms with E-state index in [0.717, 1.165) is 11.4 Å². The molecule has 0 spiro atoms. The van der Waals surface area contributed by atoms with Gasteiger partial charge in [-0.3, -0.25) is 0 Å². The third-order valence-corrected chi connectivity index (χ3v) is 1.78. The second-order valence-corrected chi connectivity index (χ2v) is 4.61. The lowest BCUT2D eigenvalue weighted by Crippen LogP contribution is -2.26. The third-order valence-electron chi connectivity index (χ3n) is 1.55. The van der Waals surface area contributed by atoms with Gasteiger partial charge in [0.15, 0.2) is 0 Å². The molecule has 1 heterocycles. The Morgan fingerprint density at radius 2 is 2.14 bits per heavy atom. The Kier molecular flexibility index (Phi) is 3.06. The average Bonchev–Trinajstić information content (AvgIpc) is 2.01. The number of aromatic nitrogens is 1. The van der Waals surface area contributed by atoms with E-state index in [2.05, 4.69) is 31.1 Å². The van der Waals surface area contributed by atoms with Crippen LogP contribution >= 0.6 is 12.2 Å². The summed E-state index contributed by atoms with van der Waals surface area (Å²) >= 11 is 4.89. The first-order chi connectivity index (χ1) is 6.38. The van der Waals surface area contributed by atoms with E-state index >= 15 is 0 Å². The molecule has 1 aromatic heterocycles. The third kappa shape index (κ3) is 3.30. The van der Waals surface area contributed by atoms with Crippen LogP contribution in [0.5, 0.6) is 0 Å². The Bertz CT molecular complexity index is 341. The van der Waals surface area contributed by atoms with Crippen molar-refractivity contribution in [2.24, 2.45) is 5.73 Å². The molecule has 3 nitrogen and oxygen atoms in total. The topological polar surface area (TPSA) is 50.9 Å². The Morgan fingerprint density at radius 1 is 1.50 bits per heavy atom. The SMILES string of the molecule is CC(C)(C)Nc1cc(C(N)=S)ccn1. The minimum absolute atomic E-state index is 0.0121. The van der Waals surface area contributed by atoms with Gasteiger partial charge < -0.3 is 11.1 Å². The molecule has 3 N–H and O–H groups in total. The molecule has 0 saturated heterocycles. The van der Waals surface area contributed by atoms with E-state index in [4.69, 9.17) is 18.0 Å². The van der Waals surface area contributed by atoms with Gasteiger partial charge in [-0.1, -0.05) is 12.2 Å². The zero-order valence-corrected chi connectivity index (χ0v) is 9.48. The first kappa shape index (κ1) is 10.9. The standard InChI is InChI=1S/C10H15N3S/c1-10(2,3)13-8-6-7(9(11)14)4-5-12-8/h4-6H,1-3H3,(H2,11,14)(H,12,13). The Morgan fingerprint density at radius 3 is 2.64 bits per heavy atom. The summed E-state index contributed by atoms with van der Waals surface area (Å²) in [7, 11) is 0. The van der Waals surface area contributed by atoms with Crippen LogP contribution in [-0.2, 0) is 0 Å². The first-order valence-corrected chi connectivity index (χ1v) is 4.83. The van der Waals surface area contributed by atoms with E-state index in [1.807, 2.05) is 6.07 Å². The van der Waals surface area contributed by atoms with Crippen molar-refractivity contribution in [3.8, 4) is 0 Å². The molecule has 76 valence electrons. The highest BCUT2D eigenvalue weighted by Gasteiger charge is 2.10. The van der Waals surface area contributed by atoms with Crippen LogP contribution in [0.25, 0.3) is 0 Å². The number of pyridine rings is 1. The number of nitrogens with two attached hydrogens (primary N) is 1. The first-order valence-electron chi connectivity index (χ1n) is 4.42. The van der Waals surface area contributed by atoms with Crippen LogP contribution in [0.1, 0.15) is 26.3 Å². The van der Waals surface area contributed by atoms with Gasteiger partial charge in [-0.2, -0.15) is 0 Å². The fourth-order valence-corrected chi connectivity index (χ4v) is 1.16. The predicted octanol–water partition coefficient (Wildman–Crippen LogP) is 1.93. The summed E-state index contributed by atoms with van der Waals surface area (Å²) in [6.07, 6.45) is 1.70. The second kappa shape index (κ2) is 3.92. The van der Waals surface area contributed by atoms with Crippen molar-refractivity contribution >= 4 is 23.0 Å². The zero-order valence-electron chi connectivity index (χ0n) is 8.66. The van der Waals surface area contributed by atoms with E-state index in [-0.39, 0.29) is 5.54 Å². The Hall–Kier alpha value is -1.16. The number of hydrogen-bond acceptors (Lipinski definition) is 3. The van der Waals surface area contributed by atoms with Crippen LogP contribution < -0.4 is 11.1 Å². The Labute approximate surface area is 89.7 Å². The molecule has 0 atom stereocenters. The van der Waals surface area contributed by atoms with Crippen LogP contribution in [0.2, 0.25) is 0 Å². The number of anilines is 1. The van der Waals surface area contributed by atoms with Crippen molar-refractivity contribution in [3.05, 3.63) is 23.9 Å². The molecule has 0 aliphatic rings. The van der Waals surface area contributed by atoms with E-state index in [9.17, 15) is 0 Å². The second-order valence-electron chi connectivity index (χ2n) is 4.17. The maximum atomic E-state index is 5.52. The molecule has 0 fully saturated rings. The van der Waals surface area contributed by atoms with Gasteiger partial charge in [0, 0.05) is 17.3 Å². The molecule has 0 saturated carbocycles. The summed E-state index contributed by atoms with van der Waals surface area (Å²) in [5, 5.41) is 3.25. The normalized spacial score (nSPS) is 11.1. The average molecular weight is 209 g/mol. The maximum absolute atomic E-state index is 5.52. The quantitative estimate of drug-likeness (QED) is 0.731. The molecule has 14 heavy (non-hydrogen) atoms. The monoisotopic (exact) mass is 209 g/mol. The van der Waals surface area contributed by atoms with Gasteiger partial charge >= 0.3 is 0 Å². The number of thiocarbonyl (C=S) groups is 1. The van der Waals surface area contributed by atoms with Crippen LogP contribution in [-0.4, -0.2) is 15.5 Å². The molecule has 0 amide bonds. The lowest BCUT2D eigenvalue weighted by Gasteiger charge is -2.21. The van der Waals surface area contributed by atoms with Crippen LogP contribution in [0.15, 0.2) is 18.3 Å². The van der Waals surface area contributed by atoms with Gasteiger partial charge in [-0.15, -0.1) is 0 Å². The zero-order chi connectivity index (χ0) is 10.8. The molecule has 4 heteroatoms. The highest BCUT2D eigenvalue weighted by molar-refractivity contribution is 7.80. The number of hydrogen-bond donors (Lipinski definition) is 2. The van der Waals surface area contributed by atoms with Crippen LogP contribution in [0.3, 0.4) is 0 Å². The molecule has 0 bridgehead atoms. The maximum Gasteiger partial charge on any atom is 0.126 e. The molecule has 0 aliphatic carbocycles. The molecule has 0 aliphatic heterocycles. The summed E-state index contributed by atoms with van der Waals surface area (Å²) in [4.78, 5) is 4.57. The van der Waals surface area contributed by atoms with E-state index < -0.39 is 0 Å². The van der Waals surface area contributed by atoms with Crippen molar-refractivity contribution in [1.82, 2.24) is 4.98 Å². The van der Waals surface area contributed by atoms with Crippen molar-refractivity contribution in [3.63, 3.8) is 0 Å². The lowest BCUT2D eigenvalue weighted by molar-refractivity contribution is 0.630. The minimum Gasteiger partial charge on any atom is -0.389 e.